The van der Waals surface area contributed by atoms with E-state index in [0.29, 0.717) is 30.0 Å². The number of fused-ring (bicyclic) bond motifs is 2. The van der Waals surface area contributed by atoms with E-state index in [9.17, 15) is 4.79 Å². The van der Waals surface area contributed by atoms with Gasteiger partial charge in [0.2, 0.25) is 5.91 Å². The van der Waals surface area contributed by atoms with Crippen LogP contribution in [0.2, 0.25) is 0 Å². The third kappa shape index (κ3) is 3.73. The van der Waals surface area contributed by atoms with Crippen molar-refractivity contribution in [2.75, 3.05) is 11.9 Å². The fraction of sp³-hybridized carbons (Fsp3) is 0.217. The highest BCUT2D eigenvalue weighted by Gasteiger charge is 2.19. The summed E-state index contributed by atoms with van der Waals surface area (Å²) in [5.41, 5.74) is 9.99. The number of nitrogens with zero attached hydrogens (tertiary/aromatic N) is 4. The van der Waals surface area contributed by atoms with Gasteiger partial charge in [0, 0.05) is 24.0 Å². The molecule has 0 saturated heterocycles. The number of rotatable bonds is 5. The fourth-order valence-electron chi connectivity index (χ4n) is 3.97. The fourth-order valence-corrected chi connectivity index (χ4v) is 3.97. The highest BCUT2D eigenvalue weighted by atomic mass is 16.1. The number of carbonyl (C=O) groups is 1. The summed E-state index contributed by atoms with van der Waals surface area (Å²) >= 11 is 0. The van der Waals surface area contributed by atoms with Crippen LogP contribution in [0.3, 0.4) is 0 Å². The van der Waals surface area contributed by atoms with Crippen LogP contribution >= 0.6 is 0 Å². The van der Waals surface area contributed by atoms with Gasteiger partial charge in [-0.05, 0) is 37.1 Å². The van der Waals surface area contributed by atoms with Gasteiger partial charge in [-0.15, -0.1) is 0 Å². The van der Waals surface area contributed by atoms with Gasteiger partial charge in [-0.3, -0.25) is 4.79 Å². The molecule has 4 N–H and O–H groups in total. The minimum atomic E-state index is -0.484. The minimum Gasteiger partial charge on any atom is -0.366 e. The molecule has 0 unspecified atom stereocenters. The predicted molar refractivity (Wildman–Crippen MR) is 119 cm³/mol. The predicted octanol–water partition coefficient (Wildman–Crippen LogP) is 2.56. The van der Waals surface area contributed by atoms with Crippen LogP contribution in [0.1, 0.15) is 33.6 Å². The van der Waals surface area contributed by atoms with Crippen LogP contribution in [0, 0.1) is 0 Å². The summed E-state index contributed by atoms with van der Waals surface area (Å²) in [5, 5.41) is 12.1. The molecule has 0 saturated carbocycles. The molecule has 2 aromatic carbocycles. The maximum absolute atomic E-state index is 11.8. The topological polar surface area (TPSA) is 111 Å². The van der Waals surface area contributed by atoms with Gasteiger partial charge in [0.25, 0.3) is 5.95 Å². The van der Waals surface area contributed by atoms with Gasteiger partial charge in [0.05, 0.1) is 23.0 Å². The number of carbonyl (C=O) groups excluding carboxylic acids is 1. The van der Waals surface area contributed by atoms with Crippen molar-refractivity contribution in [1.82, 2.24) is 25.1 Å². The Labute approximate surface area is 179 Å². The van der Waals surface area contributed by atoms with Crippen LogP contribution in [0.25, 0.3) is 16.9 Å². The third-order valence-electron chi connectivity index (χ3n) is 5.53. The van der Waals surface area contributed by atoms with Crippen LogP contribution in [0.15, 0.2) is 54.7 Å². The Hall–Kier alpha value is -3.78. The van der Waals surface area contributed by atoms with Crippen molar-refractivity contribution in [3.05, 3.63) is 77.1 Å². The average Bonchev–Trinajstić information content (AvgIpc) is 3.08. The Morgan fingerprint density at radius 2 is 2.00 bits per heavy atom. The standard InChI is InChI=1S/C23H23N7O/c24-21(31)16-8-4-10-20-18(16)13-27-30(20)23-28-19-14-25-11-5-9-17(19)22(29-23)26-12-15-6-2-1-3-7-15/h1-4,6-8,10,13,25H,5,9,11-12,14H2,(H2,24,31)(H,26,28,29). The van der Waals surface area contributed by atoms with E-state index in [1.54, 1.807) is 23.0 Å². The van der Waals surface area contributed by atoms with Gasteiger partial charge in [-0.2, -0.15) is 14.8 Å². The normalized spacial score (nSPS) is 13.5. The molecule has 8 heteroatoms. The quantitative estimate of drug-likeness (QED) is 0.464. The zero-order chi connectivity index (χ0) is 21.2. The van der Waals surface area contributed by atoms with E-state index in [0.717, 1.165) is 42.0 Å². The van der Waals surface area contributed by atoms with Gasteiger partial charge < -0.3 is 16.4 Å². The Bertz CT molecular complexity index is 1250. The second-order valence-corrected chi connectivity index (χ2v) is 7.58. The van der Waals surface area contributed by atoms with E-state index in [4.69, 9.17) is 15.7 Å². The molecule has 4 aromatic rings. The molecule has 8 nitrogen and oxygen atoms in total. The average molecular weight is 413 g/mol. The van der Waals surface area contributed by atoms with E-state index in [1.807, 2.05) is 24.3 Å². The highest BCUT2D eigenvalue weighted by Crippen LogP contribution is 2.25. The number of aromatic nitrogens is 4. The molecule has 0 aliphatic carbocycles. The zero-order valence-corrected chi connectivity index (χ0v) is 17.0. The summed E-state index contributed by atoms with van der Waals surface area (Å²) in [6.45, 7) is 2.29. The van der Waals surface area contributed by atoms with Crippen LogP contribution in [-0.4, -0.2) is 32.2 Å². The van der Waals surface area contributed by atoms with E-state index < -0.39 is 5.91 Å². The van der Waals surface area contributed by atoms with Crippen molar-refractivity contribution in [2.45, 2.75) is 25.9 Å². The van der Waals surface area contributed by atoms with Gasteiger partial charge in [0.15, 0.2) is 0 Å². The first-order valence-electron chi connectivity index (χ1n) is 10.4. The molecule has 0 fully saturated rings. The van der Waals surface area contributed by atoms with Crippen molar-refractivity contribution < 1.29 is 4.79 Å². The van der Waals surface area contributed by atoms with Gasteiger partial charge >= 0.3 is 0 Å². The first-order valence-corrected chi connectivity index (χ1v) is 10.4. The molecule has 31 heavy (non-hydrogen) atoms. The number of benzene rings is 2. The highest BCUT2D eigenvalue weighted by molar-refractivity contribution is 6.05. The van der Waals surface area contributed by atoms with Crippen molar-refractivity contribution >= 4 is 22.6 Å². The summed E-state index contributed by atoms with van der Waals surface area (Å²) in [5.74, 6) is 0.805. The number of primary amides is 1. The Kier molecular flexibility index (Phi) is 5.05. The Morgan fingerprint density at radius 1 is 1.13 bits per heavy atom. The molecule has 0 spiro atoms. The molecule has 3 heterocycles. The maximum atomic E-state index is 11.8. The number of anilines is 1. The smallest absolute Gasteiger partial charge is 0.253 e. The summed E-state index contributed by atoms with van der Waals surface area (Å²) in [6.07, 6.45) is 3.58. The lowest BCUT2D eigenvalue weighted by Gasteiger charge is -2.15. The second-order valence-electron chi connectivity index (χ2n) is 7.58. The summed E-state index contributed by atoms with van der Waals surface area (Å²) in [6, 6.07) is 15.6. The Balaban J connectivity index is 1.59. The summed E-state index contributed by atoms with van der Waals surface area (Å²) in [7, 11) is 0. The lowest BCUT2D eigenvalue weighted by molar-refractivity contribution is 0.100. The molecule has 156 valence electrons. The maximum Gasteiger partial charge on any atom is 0.253 e. The van der Waals surface area contributed by atoms with E-state index in [2.05, 4.69) is 27.9 Å². The molecule has 0 bridgehead atoms. The van der Waals surface area contributed by atoms with Crippen molar-refractivity contribution in [1.29, 1.82) is 0 Å². The van der Waals surface area contributed by atoms with Crippen LogP contribution < -0.4 is 16.4 Å². The number of hydrogen-bond donors (Lipinski definition) is 3. The van der Waals surface area contributed by atoms with Crippen molar-refractivity contribution in [3.63, 3.8) is 0 Å². The summed E-state index contributed by atoms with van der Waals surface area (Å²) in [4.78, 5) is 21.5. The monoisotopic (exact) mass is 413 g/mol. The molecule has 1 aliphatic rings. The van der Waals surface area contributed by atoms with Crippen molar-refractivity contribution in [2.24, 2.45) is 5.73 Å². The number of nitrogens with two attached hydrogens (primary N) is 1. The lowest BCUT2D eigenvalue weighted by Crippen LogP contribution is -2.16. The molecule has 5 rings (SSSR count). The molecule has 0 atom stereocenters. The van der Waals surface area contributed by atoms with Gasteiger partial charge in [0.1, 0.15) is 5.82 Å². The molecule has 1 amide bonds. The van der Waals surface area contributed by atoms with Crippen LogP contribution in [0.4, 0.5) is 5.82 Å². The largest absolute Gasteiger partial charge is 0.366 e. The number of amides is 1. The van der Waals surface area contributed by atoms with E-state index in [-0.39, 0.29) is 0 Å². The minimum absolute atomic E-state index is 0.433. The molecular formula is C23H23N7O. The molecule has 1 aliphatic heterocycles. The van der Waals surface area contributed by atoms with Crippen molar-refractivity contribution in [3.8, 4) is 5.95 Å². The lowest BCUT2D eigenvalue weighted by atomic mass is 10.1. The van der Waals surface area contributed by atoms with Gasteiger partial charge in [-0.1, -0.05) is 36.4 Å². The van der Waals surface area contributed by atoms with Crippen LogP contribution in [-0.2, 0) is 19.5 Å². The SMILES string of the molecule is NC(=O)c1cccc2c1cnn2-c1nc2c(c(NCc3ccccc3)n1)CCCNC2. The number of nitrogens with one attached hydrogen (secondary N) is 2. The third-order valence-corrected chi connectivity index (χ3v) is 5.53. The molecule has 0 radical (unpaired) electrons. The van der Waals surface area contributed by atoms with Crippen LogP contribution in [0.5, 0.6) is 0 Å². The molecule has 2 aromatic heterocycles. The van der Waals surface area contributed by atoms with E-state index in [1.165, 1.54) is 5.56 Å². The Morgan fingerprint density at radius 3 is 2.84 bits per heavy atom. The van der Waals surface area contributed by atoms with Gasteiger partial charge in [-0.25, -0.2) is 4.98 Å². The first kappa shape index (κ1) is 19.2. The molecular weight excluding hydrogens is 390 g/mol. The van der Waals surface area contributed by atoms with E-state index >= 15 is 0 Å². The zero-order valence-electron chi connectivity index (χ0n) is 17.0. The first-order chi connectivity index (χ1) is 15.2. The summed E-state index contributed by atoms with van der Waals surface area (Å²) < 4.78 is 1.67. The number of hydrogen-bond acceptors (Lipinski definition) is 6. The second kappa shape index (κ2) is 8.16.